The summed E-state index contributed by atoms with van der Waals surface area (Å²) >= 11 is 1.36. The molecule has 4 aromatic rings. The van der Waals surface area contributed by atoms with Gasteiger partial charge in [0.05, 0.1) is 11.4 Å². The molecule has 0 aliphatic rings. The molecule has 4 rings (SSSR count). The highest BCUT2D eigenvalue weighted by atomic mass is 32.1. The summed E-state index contributed by atoms with van der Waals surface area (Å²) in [5.41, 5.74) is 4.60. The number of benzene rings is 2. The van der Waals surface area contributed by atoms with Crippen LogP contribution in [0.4, 0.5) is 10.2 Å². The molecule has 0 atom stereocenters. The number of hydrogen-bond donors (Lipinski definition) is 1. The molecule has 0 saturated carbocycles. The van der Waals surface area contributed by atoms with Crippen LogP contribution in [0.15, 0.2) is 60.0 Å². The molecule has 2 heterocycles. The van der Waals surface area contributed by atoms with E-state index in [0.29, 0.717) is 29.4 Å². The van der Waals surface area contributed by atoms with Gasteiger partial charge in [0, 0.05) is 22.9 Å². The van der Waals surface area contributed by atoms with Gasteiger partial charge in [-0.05, 0) is 55.5 Å². The molecule has 0 bridgehead atoms. The summed E-state index contributed by atoms with van der Waals surface area (Å²) in [5, 5.41) is 9.16. The molecular weight excluding hydrogens is 425 g/mol. The second kappa shape index (κ2) is 9.36. The molecule has 1 N–H and O–H groups in total. The lowest BCUT2D eigenvalue weighted by atomic mass is 10.1. The summed E-state index contributed by atoms with van der Waals surface area (Å²) in [6.07, 6.45) is 0. The van der Waals surface area contributed by atoms with Gasteiger partial charge in [0.2, 0.25) is 0 Å². The Morgan fingerprint density at radius 1 is 1.12 bits per heavy atom. The Balaban J connectivity index is 1.39. The minimum atomic E-state index is -0.276. The summed E-state index contributed by atoms with van der Waals surface area (Å²) in [6.45, 7) is 6.65. The Kier molecular flexibility index (Phi) is 6.37. The highest BCUT2D eigenvalue weighted by molar-refractivity contribution is 7.12. The smallest absolute Gasteiger partial charge is 0.266 e. The topological polar surface area (TPSA) is 56.1 Å². The largest absolute Gasteiger partial charge is 0.489 e. The number of rotatable bonds is 7. The minimum Gasteiger partial charge on any atom is -0.489 e. The van der Waals surface area contributed by atoms with Gasteiger partial charge >= 0.3 is 0 Å². The fourth-order valence-electron chi connectivity index (χ4n) is 3.31. The van der Waals surface area contributed by atoms with E-state index in [1.54, 1.807) is 28.9 Å². The summed E-state index contributed by atoms with van der Waals surface area (Å²) < 4.78 is 21.5. The van der Waals surface area contributed by atoms with Crippen LogP contribution in [0, 0.1) is 26.6 Å². The number of aryl methyl sites for hydroxylation is 2. The molecule has 0 saturated heterocycles. The number of carbonyl (C=O) groups is 1. The summed E-state index contributed by atoms with van der Waals surface area (Å²) in [6, 6.07) is 16.2. The number of thiophene rings is 1. The molecule has 0 aliphatic heterocycles. The number of aromatic nitrogens is 2. The first kappa shape index (κ1) is 21.8. The monoisotopic (exact) mass is 449 g/mol. The van der Waals surface area contributed by atoms with Crippen molar-refractivity contribution in [2.24, 2.45) is 0 Å². The van der Waals surface area contributed by atoms with E-state index in [1.165, 1.54) is 23.0 Å². The predicted molar refractivity (Wildman–Crippen MR) is 125 cm³/mol. The second-order valence-electron chi connectivity index (χ2n) is 7.68. The van der Waals surface area contributed by atoms with Crippen molar-refractivity contribution in [3.8, 4) is 5.75 Å². The van der Waals surface area contributed by atoms with Gasteiger partial charge in [0.1, 0.15) is 18.2 Å². The van der Waals surface area contributed by atoms with Gasteiger partial charge in [-0.1, -0.05) is 30.3 Å². The van der Waals surface area contributed by atoms with Crippen LogP contribution in [0.25, 0.3) is 0 Å². The number of nitrogens with zero attached hydrogens (tertiary/aromatic N) is 2. The van der Waals surface area contributed by atoms with Crippen LogP contribution in [0.2, 0.25) is 0 Å². The van der Waals surface area contributed by atoms with Crippen LogP contribution < -0.4 is 10.1 Å². The van der Waals surface area contributed by atoms with Gasteiger partial charge in [0.25, 0.3) is 5.91 Å². The Labute approximate surface area is 190 Å². The lowest BCUT2D eigenvalue weighted by molar-refractivity contribution is 0.103. The number of anilines is 1. The first-order valence-corrected chi connectivity index (χ1v) is 11.1. The lowest BCUT2D eigenvalue weighted by Gasteiger charge is -2.09. The second-order valence-corrected chi connectivity index (χ2v) is 8.59. The van der Waals surface area contributed by atoms with E-state index in [9.17, 15) is 9.18 Å². The average Bonchev–Trinajstić information content (AvgIpc) is 3.37. The number of ether oxygens (including phenoxy) is 1. The number of carbonyl (C=O) groups excluding carboxylic acids is 1. The molecule has 2 aromatic heterocycles. The number of nitrogens with one attached hydrogen (secondary N) is 1. The molecule has 0 fully saturated rings. The fourth-order valence-corrected chi connectivity index (χ4v) is 4.10. The van der Waals surface area contributed by atoms with Crippen LogP contribution in [-0.4, -0.2) is 15.7 Å². The SMILES string of the molecule is Cc1cccc(OCc2csc(C(=O)Nc3cc(C)n(Cc4ccccc4F)n3)c2)c1C. The van der Waals surface area contributed by atoms with Crippen molar-refractivity contribution in [1.29, 1.82) is 0 Å². The van der Waals surface area contributed by atoms with E-state index in [0.717, 1.165) is 22.6 Å². The predicted octanol–water partition coefficient (Wildman–Crippen LogP) is 5.89. The van der Waals surface area contributed by atoms with Gasteiger partial charge in [-0.3, -0.25) is 9.48 Å². The maximum absolute atomic E-state index is 13.9. The van der Waals surface area contributed by atoms with E-state index >= 15 is 0 Å². The molecular formula is C25H24FN3O2S. The van der Waals surface area contributed by atoms with E-state index in [-0.39, 0.29) is 11.7 Å². The maximum atomic E-state index is 13.9. The normalized spacial score (nSPS) is 10.9. The van der Waals surface area contributed by atoms with Crippen LogP contribution in [-0.2, 0) is 13.2 Å². The quantitative estimate of drug-likeness (QED) is 0.383. The fraction of sp³-hybridized carbons (Fsp3) is 0.200. The number of halogens is 1. The van der Waals surface area contributed by atoms with Crippen LogP contribution in [0.1, 0.15) is 37.6 Å². The van der Waals surface area contributed by atoms with Crippen molar-refractivity contribution in [3.05, 3.63) is 98.6 Å². The zero-order chi connectivity index (χ0) is 22.7. The summed E-state index contributed by atoms with van der Waals surface area (Å²) in [5.74, 6) is 0.772. The summed E-state index contributed by atoms with van der Waals surface area (Å²) in [4.78, 5) is 13.3. The molecule has 0 radical (unpaired) electrons. The third kappa shape index (κ3) is 4.89. The van der Waals surface area contributed by atoms with Crippen LogP contribution in [0.5, 0.6) is 5.75 Å². The average molecular weight is 450 g/mol. The third-order valence-corrected chi connectivity index (χ3v) is 6.31. The molecule has 0 aliphatic carbocycles. The molecule has 32 heavy (non-hydrogen) atoms. The van der Waals surface area contributed by atoms with Crippen molar-refractivity contribution in [3.63, 3.8) is 0 Å². The standard InChI is InChI=1S/C25H24FN3O2S/c1-16-7-6-10-22(18(16)3)31-14-19-12-23(32-15-19)25(30)27-24-11-17(2)29(28-24)13-20-8-4-5-9-21(20)26/h4-12,15H,13-14H2,1-3H3,(H,27,28,30). The molecule has 0 unspecified atom stereocenters. The summed E-state index contributed by atoms with van der Waals surface area (Å²) in [7, 11) is 0. The number of hydrogen-bond acceptors (Lipinski definition) is 4. The van der Waals surface area contributed by atoms with Gasteiger partial charge in [-0.15, -0.1) is 11.3 Å². The van der Waals surface area contributed by atoms with Crippen molar-refractivity contribution < 1.29 is 13.9 Å². The zero-order valence-corrected chi connectivity index (χ0v) is 19.0. The van der Waals surface area contributed by atoms with Crippen molar-refractivity contribution in [1.82, 2.24) is 9.78 Å². The first-order valence-electron chi connectivity index (χ1n) is 10.3. The third-order valence-electron chi connectivity index (χ3n) is 5.33. The van der Waals surface area contributed by atoms with E-state index in [4.69, 9.17) is 4.74 Å². The van der Waals surface area contributed by atoms with Crippen molar-refractivity contribution in [2.75, 3.05) is 5.32 Å². The Morgan fingerprint density at radius 2 is 1.94 bits per heavy atom. The Bertz CT molecular complexity index is 1260. The molecule has 164 valence electrons. The molecule has 0 spiro atoms. The van der Waals surface area contributed by atoms with E-state index in [1.807, 2.05) is 37.4 Å². The molecule has 2 aromatic carbocycles. The highest BCUT2D eigenvalue weighted by Crippen LogP contribution is 2.23. The van der Waals surface area contributed by atoms with E-state index < -0.39 is 0 Å². The van der Waals surface area contributed by atoms with Gasteiger partial charge < -0.3 is 10.1 Å². The lowest BCUT2D eigenvalue weighted by Crippen LogP contribution is -2.12. The van der Waals surface area contributed by atoms with Crippen LogP contribution in [0.3, 0.4) is 0 Å². The molecule has 7 heteroatoms. The van der Waals surface area contributed by atoms with E-state index in [2.05, 4.69) is 23.4 Å². The van der Waals surface area contributed by atoms with Gasteiger partial charge in [0.15, 0.2) is 5.82 Å². The Morgan fingerprint density at radius 3 is 2.75 bits per heavy atom. The Hall–Kier alpha value is -3.45. The number of amides is 1. The van der Waals surface area contributed by atoms with Crippen molar-refractivity contribution >= 4 is 23.1 Å². The zero-order valence-electron chi connectivity index (χ0n) is 18.2. The highest BCUT2D eigenvalue weighted by Gasteiger charge is 2.14. The molecule has 5 nitrogen and oxygen atoms in total. The minimum absolute atomic E-state index is 0.233. The van der Waals surface area contributed by atoms with Crippen molar-refractivity contribution in [2.45, 2.75) is 33.9 Å². The maximum Gasteiger partial charge on any atom is 0.266 e. The van der Waals surface area contributed by atoms with Gasteiger partial charge in [-0.2, -0.15) is 5.10 Å². The van der Waals surface area contributed by atoms with Gasteiger partial charge in [-0.25, -0.2) is 4.39 Å². The molecule has 1 amide bonds. The van der Waals surface area contributed by atoms with Crippen LogP contribution >= 0.6 is 11.3 Å². The first-order chi connectivity index (χ1) is 15.4.